The second-order valence-corrected chi connectivity index (χ2v) is 3.98. The standard InChI is InChI=1S/C9H8Cl3NO2/c10-5-3-7(12)8(4-6(5)11)15-2-1-9(13)14/h3-4H,1-2H2,(H2,13,14). The molecule has 0 fully saturated rings. The average molecular weight is 269 g/mol. The summed E-state index contributed by atoms with van der Waals surface area (Å²) in [6.45, 7) is 0.160. The van der Waals surface area contributed by atoms with Gasteiger partial charge in [-0.15, -0.1) is 0 Å². The van der Waals surface area contributed by atoms with E-state index in [1.807, 2.05) is 0 Å². The third kappa shape index (κ3) is 3.78. The number of rotatable bonds is 4. The molecule has 15 heavy (non-hydrogen) atoms. The molecule has 0 aliphatic heterocycles. The van der Waals surface area contributed by atoms with Crippen molar-refractivity contribution in [3.8, 4) is 5.75 Å². The molecule has 0 atom stereocenters. The summed E-state index contributed by atoms with van der Waals surface area (Å²) in [4.78, 5) is 10.5. The van der Waals surface area contributed by atoms with E-state index >= 15 is 0 Å². The van der Waals surface area contributed by atoms with Gasteiger partial charge in [-0.2, -0.15) is 0 Å². The second-order valence-electron chi connectivity index (χ2n) is 2.76. The number of benzene rings is 1. The van der Waals surface area contributed by atoms with Crippen molar-refractivity contribution in [2.45, 2.75) is 6.42 Å². The Morgan fingerprint density at radius 3 is 2.40 bits per heavy atom. The van der Waals surface area contributed by atoms with E-state index in [-0.39, 0.29) is 13.0 Å². The Bertz CT molecular complexity index is 382. The third-order valence-electron chi connectivity index (χ3n) is 1.58. The maximum atomic E-state index is 10.5. The molecule has 1 aromatic rings. The van der Waals surface area contributed by atoms with Crippen molar-refractivity contribution < 1.29 is 9.53 Å². The summed E-state index contributed by atoms with van der Waals surface area (Å²) in [5.41, 5.74) is 4.95. The minimum absolute atomic E-state index is 0.122. The van der Waals surface area contributed by atoms with E-state index in [0.717, 1.165) is 0 Å². The molecule has 0 aliphatic carbocycles. The Balaban J connectivity index is 2.69. The van der Waals surface area contributed by atoms with E-state index in [2.05, 4.69) is 0 Å². The van der Waals surface area contributed by atoms with Gasteiger partial charge >= 0.3 is 0 Å². The number of carbonyl (C=O) groups excluding carboxylic acids is 1. The maximum absolute atomic E-state index is 10.5. The minimum atomic E-state index is -0.439. The van der Waals surface area contributed by atoms with Crippen LogP contribution in [0.1, 0.15) is 6.42 Å². The molecule has 0 aliphatic rings. The zero-order valence-electron chi connectivity index (χ0n) is 7.60. The number of hydrogen-bond acceptors (Lipinski definition) is 2. The van der Waals surface area contributed by atoms with E-state index in [0.29, 0.717) is 20.8 Å². The summed E-state index contributed by atoms with van der Waals surface area (Å²) in [5, 5.41) is 1.04. The SMILES string of the molecule is NC(=O)CCOc1cc(Cl)c(Cl)cc1Cl. The molecule has 0 saturated heterocycles. The van der Waals surface area contributed by atoms with Gasteiger partial charge in [0.15, 0.2) is 0 Å². The van der Waals surface area contributed by atoms with Gasteiger partial charge < -0.3 is 10.5 Å². The van der Waals surface area contributed by atoms with Gasteiger partial charge in [-0.05, 0) is 6.07 Å². The predicted octanol–water partition coefficient (Wildman–Crippen LogP) is 2.90. The molecule has 0 bridgehead atoms. The van der Waals surface area contributed by atoms with Gasteiger partial charge in [0.25, 0.3) is 0 Å². The third-order valence-corrected chi connectivity index (χ3v) is 2.60. The topological polar surface area (TPSA) is 52.3 Å². The molecule has 0 unspecified atom stereocenters. The van der Waals surface area contributed by atoms with E-state index < -0.39 is 5.91 Å². The van der Waals surface area contributed by atoms with E-state index in [1.54, 1.807) is 0 Å². The van der Waals surface area contributed by atoms with E-state index in [4.69, 9.17) is 45.3 Å². The Morgan fingerprint density at radius 1 is 1.20 bits per heavy atom. The molecule has 3 nitrogen and oxygen atoms in total. The van der Waals surface area contributed by atoms with Crippen molar-refractivity contribution in [3.63, 3.8) is 0 Å². The van der Waals surface area contributed by atoms with Gasteiger partial charge in [-0.1, -0.05) is 34.8 Å². The first kappa shape index (κ1) is 12.4. The average Bonchev–Trinajstić information content (AvgIpc) is 2.13. The summed E-state index contributed by atoms with van der Waals surface area (Å²) < 4.78 is 5.21. The van der Waals surface area contributed by atoms with Crippen molar-refractivity contribution >= 4 is 40.7 Å². The highest BCUT2D eigenvalue weighted by atomic mass is 35.5. The molecule has 1 amide bonds. The van der Waals surface area contributed by atoms with Crippen molar-refractivity contribution in [1.29, 1.82) is 0 Å². The van der Waals surface area contributed by atoms with Crippen molar-refractivity contribution in [2.24, 2.45) is 5.73 Å². The van der Waals surface area contributed by atoms with Gasteiger partial charge in [0.2, 0.25) is 5.91 Å². The monoisotopic (exact) mass is 267 g/mol. The van der Waals surface area contributed by atoms with E-state index in [1.165, 1.54) is 12.1 Å². The molecule has 0 aromatic heterocycles. The van der Waals surface area contributed by atoms with Crippen LogP contribution in [0.2, 0.25) is 15.1 Å². The molecule has 82 valence electrons. The molecule has 6 heteroatoms. The van der Waals surface area contributed by atoms with Crippen LogP contribution < -0.4 is 10.5 Å². The van der Waals surface area contributed by atoms with Crippen LogP contribution in [0.3, 0.4) is 0 Å². The molecular formula is C9H8Cl3NO2. The van der Waals surface area contributed by atoms with Crippen LogP contribution in [0, 0.1) is 0 Å². The minimum Gasteiger partial charge on any atom is -0.491 e. The number of hydrogen-bond donors (Lipinski definition) is 1. The summed E-state index contributed by atoms with van der Waals surface area (Å²) in [5.74, 6) is -0.0569. The molecule has 1 rings (SSSR count). The summed E-state index contributed by atoms with van der Waals surface area (Å²) >= 11 is 17.3. The molecule has 0 radical (unpaired) electrons. The first-order valence-corrected chi connectivity index (χ1v) is 5.19. The summed E-state index contributed by atoms with van der Waals surface area (Å²) in [7, 11) is 0. The van der Waals surface area contributed by atoms with Gasteiger partial charge in [-0.3, -0.25) is 4.79 Å². The fourth-order valence-electron chi connectivity index (χ4n) is 0.877. The van der Waals surface area contributed by atoms with Crippen molar-refractivity contribution in [2.75, 3.05) is 6.61 Å². The highest BCUT2D eigenvalue weighted by Gasteiger charge is 2.07. The number of nitrogens with two attached hydrogens (primary N) is 1. The van der Waals surface area contributed by atoms with Gasteiger partial charge in [0.1, 0.15) is 5.75 Å². The normalized spacial score (nSPS) is 10.1. The Hall–Kier alpha value is -0.640. The van der Waals surface area contributed by atoms with E-state index in [9.17, 15) is 4.79 Å². The zero-order valence-corrected chi connectivity index (χ0v) is 9.86. The van der Waals surface area contributed by atoms with Gasteiger partial charge in [0.05, 0.1) is 28.1 Å². The van der Waals surface area contributed by atoms with Gasteiger partial charge in [0, 0.05) is 6.07 Å². The second kappa shape index (κ2) is 5.45. The molecule has 0 spiro atoms. The van der Waals surface area contributed by atoms with Crippen LogP contribution in [-0.4, -0.2) is 12.5 Å². The van der Waals surface area contributed by atoms with Crippen LogP contribution in [0.5, 0.6) is 5.75 Å². The lowest BCUT2D eigenvalue weighted by Crippen LogP contribution is -2.14. The maximum Gasteiger partial charge on any atom is 0.220 e. The number of carbonyl (C=O) groups is 1. The first-order chi connectivity index (χ1) is 7.00. The number of halogens is 3. The fraction of sp³-hybridized carbons (Fsp3) is 0.222. The quantitative estimate of drug-likeness (QED) is 0.854. The molecular weight excluding hydrogens is 260 g/mol. The van der Waals surface area contributed by atoms with Crippen LogP contribution >= 0.6 is 34.8 Å². The highest BCUT2D eigenvalue weighted by Crippen LogP contribution is 2.33. The smallest absolute Gasteiger partial charge is 0.220 e. The fourth-order valence-corrected chi connectivity index (χ4v) is 1.47. The molecule has 2 N–H and O–H groups in total. The first-order valence-electron chi connectivity index (χ1n) is 4.06. The van der Waals surface area contributed by atoms with Crippen LogP contribution in [0.15, 0.2) is 12.1 Å². The van der Waals surface area contributed by atoms with Crippen LogP contribution in [-0.2, 0) is 4.79 Å². The molecule has 0 saturated carbocycles. The van der Waals surface area contributed by atoms with Crippen LogP contribution in [0.25, 0.3) is 0 Å². The Labute approximate surface area is 102 Å². The number of ether oxygens (including phenoxy) is 1. The lowest BCUT2D eigenvalue weighted by Gasteiger charge is -2.08. The Kier molecular flexibility index (Phi) is 4.51. The van der Waals surface area contributed by atoms with Crippen molar-refractivity contribution in [1.82, 2.24) is 0 Å². The summed E-state index contributed by atoms with van der Waals surface area (Å²) in [6, 6.07) is 2.97. The summed E-state index contributed by atoms with van der Waals surface area (Å²) in [6.07, 6.45) is 0.122. The zero-order chi connectivity index (χ0) is 11.4. The number of amides is 1. The van der Waals surface area contributed by atoms with Gasteiger partial charge in [-0.25, -0.2) is 0 Å². The molecule has 1 aromatic carbocycles. The predicted molar refractivity (Wildman–Crippen MR) is 60.8 cm³/mol. The number of primary amides is 1. The molecule has 0 heterocycles. The highest BCUT2D eigenvalue weighted by molar-refractivity contribution is 6.43. The lowest BCUT2D eigenvalue weighted by molar-refractivity contribution is -0.118. The van der Waals surface area contributed by atoms with Crippen LogP contribution in [0.4, 0.5) is 0 Å². The Morgan fingerprint density at radius 2 is 1.80 bits per heavy atom. The largest absolute Gasteiger partial charge is 0.491 e. The lowest BCUT2D eigenvalue weighted by atomic mass is 10.3. The van der Waals surface area contributed by atoms with Crippen molar-refractivity contribution in [3.05, 3.63) is 27.2 Å².